The van der Waals surface area contributed by atoms with Crippen LogP contribution in [0.5, 0.6) is 11.5 Å². The zero-order valence-corrected chi connectivity index (χ0v) is 19.4. The monoisotopic (exact) mass is 463 g/mol. The van der Waals surface area contributed by atoms with Crippen molar-refractivity contribution in [1.29, 1.82) is 0 Å². The molecule has 1 aliphatic heterocycles. The Labute approximate surface area is 188 Å². The number of carbonyl (C=O) groups is 1. The van der Waals surface area contributed by atoms with Gasteiger partial charge < -0.3 is 24.4 Å². The molecule has 3 rings (SSSR count). The van der Waals surface area contributed by atoms with Gasteiger partial charge in [0.25, 0.3) is 0 Å². The topological polar surface area (TPSA) is 97.4 Å². The lowest BCUT2D eigenvalue weighted by atomic mass is 10.2. The van der Waals surface area contributed by atoms with Gasteiger partial charge in [-0.2, -0.15) is 4.31 Å². The molecule has 1 saturated heterocycles. The lowest BCUT2D eigenvalue weighted by Crippen LogP contribution is -2.38. The van der Waals surface area contributed by atoms with Gasteiger partial charge in [0.05, 0.1) is 38.9 Å². The van der Waals surface area contributed by atoms with Crippen LogP contribution >= 0.6 is 0 Å². The highest BCUT2D eigenvalue weighted by Gasteiger charge is 2.24. The number of sulfonamides is 1. The number of hydrogen-bond acceptors (Lipinski definition) is 7. The molecule has 1 aliphatic rings. The van der Waals surface area contributed by atoms with E-state index in [0.717, 1.165) is 41.9 Å². The van der Waals surface area contributed by atoms with Crippen molar-refractivity contribution in [2.75, 3.05) is 59.0 Å². The van der Waals surface area contributed by atoms with Gasteiger partial charge in [-0.3, -0.25) is 4.79 Å². The number of hydrogen-bond donors (Lipinski definition) is 1. The summed E-state index contributed by atoms with van der Waals surface area (Å²) in [5, 5.41) is 2.77. The number of ether oxygens (including phenoxy) is 3. The van der Waals surface area contributed by atoms with Crippen LogP contribution in [0.25, 0.3) is 0 Å². The Hall–Kier alpha value is -2.82. The van der Waals surface area contributed by atoms with Gasteiger partial charge in [0, 0.05) is 38.4 Å². The van der Waals surface area contributed by atoms with E-state index in [-0.39, 0.29) is 11.4 Å². The minimum absolute atomic E-state index is 0.0177. The van der Waals surface area contributed by atoms with Gasteiger partial charge in [-0.15, -0.1) is 0 Å². The van der Waals surface area contributed by atoms with E-state index in [1.165, 1.54) is 39.5 Å². The number of amides is 1. The van der Waals surface area contributed by atoms with E-state index < -0.39 is 15.9 Å². The molecule has 0 spiro atoms. The Morgan fingerprint density at radius 1 is 1.06 bits per heavy atom. The van der Waals surface area contributed by atoms with Crippen molar-refractivity contribution in [2.45, 2.75) is 11.4 Å². The van der Waals surface area contributed by atoms with Crippen LogP contribution in [0.4, 0.5) is 5.69 Å². The van der Waals surface area contributed by atoms with Gasteiger partial charge in [-0.1, -0.05) is 12.1 Å². The summed E-state index contributed by atoms with van der Waals surface area (Å²) in [5.41, 5.74) is 2.05. The van der Waals surface area contributed by atoms with Gasteiger partial charge in [-0.05, 0) is 29.8 Å². The maximum atomic E-state index is 12.8. The average Bonchev–Trinajstić information content (AvgIpc) is 2.83. The quantitative estimate of drug-likeness (QED) is 0.602. The van der Waals surface area contributed by atoms with Crippen LogP contribution < -0.4 is 19.7 Å². The van der Waals surface area contributed by atoms with E-state index in [2.05, 4.69) is 10.2 Å². The fourth-order valence-corrected chi connectivity index (χ4v) is 4.49. The highest BCUT2D eigenvalue weighted by atomic mass is 32.2. The summed E-state index contributed by atoms with van der Waals surface area (Å²) in [7, 11) is 0.393. The number of benzene rings is 2. The molecule has 2 aromatic carbocycles. The van der Waals surface area contributed by atoms with Crippen LogP contribution in [0.2, 0.25) is 0 Å². The molecule has 10 heteroatoms. The van der Waals surface area contributed by atoms with Crippen LogP contribution in [-0.4, -0.2) is 72.7 Å². The molecule has 0 atom stereocenters. The molecule has 0 aromatic heterocycles. The second-order valence-corrected chi connectivity index (χ2v) is 9.37. The van der Waals surface area contributed by atoms with E-state index in [0.29, 0.717) is 18.0 Å². The number of morpholine rings is 1. The zero-order valence-electron chi connectivity index (χ0n) is 18.5. The third-order valence-electron chi connectivity index (χ3n) is 5.23. The first-order valence-corrected chi connectivity index (χ1v) is 11.7. The van der Waals surface area contributed by atoms with Gasteiger partial charge in [-0.25, -0.2) is 8.42 Å². The molecule has 1 fully saturated rings. The molecule has 2 aromatic rings. The normalized spacial score (nSPS) is 14.3. The molecule has 1 heterocycles. The van der Waals surface area contributed by atoms with Gasteiger partial charge in [0.15, 0.2) is 11.5 Å². The van der Waals surface area contributed by atoms with Crippen molar-refractivity contribution in [1.82, 2.24) is 9.62 Å². The molecule has 0 aliphatic carbocycles. The van der Waals surface area contributed by atoms with E-state index in [1.54, 1.807) is 0 Å². The number of nitrogens with one attached hydrogen (secondary N) is 1. The smallest absolute Gasteiger partial charge is 0.243 e. The van der Waals surface area contributed by atoms with Crippen molar-refractivity contribution in [2.24, 2.45) is 0 Å². The standard InChI is InChI=1S/C22H29N3O6S/c1-24(32(27,28)19-8-9-20(29-2)21(14-19)30-3)16-22(26)23-15-17-4-6-18(7-5-17)25-10-12-31-13-11-25/h4-9,14H,10-13,15-16H2,1-3H3,(H,23,26). The largest absolute Gasteiger partial charge is 0.493 e. The number of rotatable bonds is 9. The summed E-state index contributed by atoms with van der Waals surface area (Å²) in [5.74, 6) is 0.326. The van der Waals surface area contributed by atoms with Gasteiger partial charge >= 0.3 is 0 Å². The minimum Gasteiger partial charge on any atom is -0.493 e. The van der Waals surface area contributed by atoms with Crippen LogP contribution in [0, 0.1) is 0 Å². The van der Waals surface area contributed by atoms with Gasteiger partial charge in [0.1, 0.15) is 0 Å². The number of methoxy groups -OCH3 is 2. The second kappa shape index (κ2) is 10.7. The molecule has 0 unspecified atom stereocenters. The van der Waals surface area contributed by atoms with Crippen molar-refractivity contribution < 1.29 is 27.4 Å². The van der Waals surface area contributed by atoms with Crippen molar-refractivity contribution in [3.05, 3.63) is 48.0 Å². The predicted octanol–water partition coefficient (Wildman–Crippen LogP) is 1.48. The van der Waals surface area contributed by atoms with E-state index in [1.807, 2.05) is 24.3 Å². The maximum Gasteiger partial charge on any atom is 0.243 e. The summed E-state index contributed by atoms with van der Waals surface area (Å²) in [6.45, 7) is 3.16. The molecular weight excluding hydrogens is 434 g/mol. The first-order chi connectivity index (χ1) is 15.3. The molecule has 1 amide bonds. The Bertz CT molecular complexity index is 1020. The summed E-state index contributed by atoms with van der Waals surface area (Å²) in [4.78, 5) is 14.6. The van der Waals surface area contributed by atoms with Gasteiger partial charge in [0.2, 0.25) is 15.9 Å². The second-order valence-electron chi connectivity index (χ2n) is 7.32. The molecule has 9 nitrogen and oxygen atoms in total. The summed E-state index contributed by atoms with van der Waals surface area (Å²) in [6.07, 6.45) is 0. The molecule has 0 bridgehead atoms. The van der Waals surface area contributed by atoms with Crippen LogP contribution in [0.1, 0.15) is 5.56 Å². The number of anilines is 1. The van der Waals surface area contributed by atoms with E-state index >= 15 is 0 Å². The molecule has 1 N–H and O–H groups in total. The molecule has 32 heavy (non-hydrogen) atoms. The first-order valence-electron chi connectivity index (χ1n) is 10.2. The minimum atomic E-state index is -3.87. The third kappa shape index (κ3) is 5.70. The highest BCUT2D eigenvalue weighted by Crippen LogP contribution is 2.30. The lowest BCUT2D eigenvalue weighted by Gasteiger charge is -2.28. The van der Waals surface area contributed by atoms with Crippen LogP contribution in [0.3, 0.4) is 0 Å². The van der Waals surface area contributed by atoms with Crippen molar-refractivity contribution in [3.63, 3.8) is 0 Å². The summed E-state index contributed by atoms with van der Waals surface area (Å²) in [6, 6.07) is 12.2. The summed E-state index contributed by atoms with van der Waals surface area (Å²) < 4.78 is 42.3. The summed E-state index contributed by atoms with van der Waals surface area (Å²) >= 11 is 0. The van der Waals surface area contributed by atoms with E-state index in [9.17, 15) is 13.2 Å². The third-order valence-corrected chi connectivity index (χ3v) is 7.03. The Balaban J connectivity index is 1.56. The molecule has 0 saturated carbocycles. The average molecular weight is 464 g/mol. The lowest BCUT2D eigenvalue weighted by molar-refractivity contribution is -0.121. The molecular formula is C22H29N3O6S. The fourth-order valence-electron chi connectivity index (χ4n) is 3.35. The van der Waals surface area contributed by atoms with Crippen molar-refractivity contribution >= 4 is 21.6 Å². The van der Waals surface area contributed by atoms with E-state index in [4.69, 9.17) is 14.2 Å². The first kappa shape index (κ1) is 23.8. The number of likely N-dealkylation sites (N-methyl/N-ethyl adjacent to an activating group) is 1. The maximum absolute atomic E-state index is 12.8. The number of carbonyl (C=O) groups excluding carboxylic acids is 1. The Morgan fingerprint density at radius 2 is 1.72 bits per heavy atom. The molecule has 174 valence electrons. The molecule has 0 radical (unpaired) electrons. The SMILES string of the molecule is COc1ccc(S(=O)(=O)N(C)CC(=O)NCc2ccc(N3CCOCC3)cc2)cc1OC. The zero-order chi connectivity index (χ0) is 23.1. The number of nitrogens with zero attached hydrogens (tertiary/aromatic N) is 2. The Kier molecular flexibility index (Phi) is 7.94. The fraction of sp³-hybridized carbons (Fsp3) is 0.409. The Morgan fingerprint density at radius 3 is 2.34 bits per heavy atom. The van der Waals surface area contributed by atoms with Crippen LogP contribution in [-0.2, 0) is 26.1 Å². The predicted molar refractivity (Wildman–Crippen MR) is 121 cm³/mol. The van der Waals surface area contributed by atoms with Crippen LogP contribution in [0.15, 0.2) is 47.4 Å². The van der Waals surface area contributed by atoms with Crippen molar-refractivity contribution in [3.8, 4) is 11.5 Å². The highest BCUT2D eigenvalue weighted by molar-refractivity contribution is 7.89.